The smallest absolute Gasteiger partial charge is 0.399 e. The van der Waals surface area contributed by atoms with E-state index in [2.05, 4.69) is 155 Å². The van der Waals surface area contributed by atoms with E-state index in [0.29, 0.717) is 0 Å². The van der Waals surface area contributed by atoms with Gasteiger partial charge in [-0.2, -0.15) is 0 Å². The molecule has 2 nitrogen and oxygen atoms in total. The molecule has 1 fully saturated rings. The normalized spacial score (nSPS) is 16.0. The molecule has 7 rings (SSSR count). The summed E-state index contributed by atoms with van der Waals surface area (Å²) in [6.07, 6.45) is 0. The molecule has 3 heteroatoms. The molecular weight excluding hydrogens is 499 g/mol. The predicted molar refractivity (Wildman–Crippen MR) is 173 cm³/mol. The van der Waals surface area contributed by atoms with Crippen LogP contribution in [-0.4, -0.2) is 18.3 Å². The topological polar surface area (TPSA) is 18.5 Å². The van der Waals surface area contributed by atoms with E-state index in [0.717, 1.165) is 16.6 Å². The Morgan fingerprint density at radius 1 is 0.439 bits per heavy atom. The molecule has 0 atom stereocenters. The lowest BCUT2D eigenvalue weighted by Gasteiger charge is -2.32. The Morgan fingerprint density at radius 3 is 1.78 bits per heavy atom. The third kappa shape index (κ3) is 4.56. The van der Waals surface area contributed by atoms with E-state index < -0.39 is 7.12 Å². The van der Waals surface area contributed by atoms with E-state index in [1.807, 2.05) is 0 Å². The molecule has 0 radical (unpaired) electrons. The molecule has 1 saturated heterocycles. The summed E-state index contributed by atoms with van der Waals surface area (Å²) in [4.78, 5) is 0. The summed E-state index contributed by atoms with van der Waals surface area (Å²) in [5.41, 5.74) is 7.52. The molecule has 0 spiro atoms. The van der Waals surface area contributed by atoms with Crippen LogP contribution in [0.3, 0.4) is 0 Å². The minimum Gasteiger partial charge on any atom is -0.399 e. The fourth-order valence-electron chi connectivity index (χ4n) is 5.87. The van der Waals surface area contributed by atoms with Gasteiger partial charge in [0.25, 0.3) is 0 Å². The van der Waals surface area contributed by atoms with Gasteiger partial charge in [-0.1, -0.05) is 109 Å². The van der Waals surface area contributed by atoms with Crippen molar-refractivity contribution >= 4 is 34.1 Å². The monoisotopic (exact) mass is 532 g/mol. The first-order chi connectivity index (χ1) is 19.8. The quantitative estimate of drug-likeness (QED) is 0.211. The van der Waals surface area contributed by atoms with Crippen LogP contribution in [0.5, 0.6) is 0 Å². The Morgan fingerprint density at radius 2 is 0.976 bits per heavy atom. The third-order valence-corrected chi connectivity index (χ3v) is 8.92. The summed E-state index contributed by atoms with van der Waals surface area (Å²) in [7, 11) is -0.400. The van der Waals surface area contributed by atoms with Gasteiger partial charge >= 0.3 is 7.12 Å². The average Bonchev–Trinajstić information content (AvgIpc) is 3.22. The summed E-state index contributed by atoms with van der Waals surface area (Å²) in [5, 5.41) is 4.96. The molecule has 41 heavy (non-hydrogen) atoms. The van der Waals surface area contributed by atoms with Crippen molar-refractivity contribution < 1.29 is 9.31 Å². The van der Waals surface area contributed by atoms with Gasteiger partial charge in [0.1, 0.15) is 0 Å². The van der Waals surface area contributed by atoms with Crippen LogP contribution in [-0.2, 0) is 9.31 Å². The maximum absolute atomic E-state index is 6.41. The summed E-state index contributed by atoms with van der Waals surface area (Å²) in [6.45, 7) is 8.39. The Kier molecular flexibility index (Phi) is 6.12. The van der Waals surface area contributed by atoms with Gasteiger partial charge in [0.05, 0.1) is 11.2 Å². The minimum absolute atomic E-state index is 0.379. The molecule has 0 bridgehead atoms. The van der Waals surface area contributed by atoms with Crippen LogP contribution < -0.4 is 5.46 Å². The van der Waals surface area contributed by atoms with Crippen LogP contribution in [0.25, 0.3) is 54.9 Å². The Labute approximate surface area is 242 Å². The van der Waals surface area contributed by atoms with Gasteiger partial charge in [-0.15, -0.1) is 0 Å². The highest BCUT2D eigenvalue weighted by atomic mass is 16.7. The molecule has 0 aliphatic carbocycles. The highest BCUT2D eigenvalue weighted by molar-refractivity contribution is 6.63. The van der Waals surface area contributed by atoms with Crippen LogP contribution in [0.15, 0.2) is 127 Å². The number of hydrogen-bond acceptors (Lipinski definition) is 2. The zero-order valence-electron chi connectivity index (χ0n) is 24.0. The molecule has 6 aromatic carbocycles. The van der Waals surface area contributed by atoms with Crippen molar-refractivity contribution in [3.05, 3.63) is 127 Å². The fraction of sp³-hybridized carbons (Fsp3) is 0.158. The summed E-state index contributed by atoms with van der Waals surface area (Å²) in [6, 6.07) is 45.9. The Balaban J connectivity index is 1.23. The SMILES string of the molecule is CC1(C)OB(c2ccccc2-c2ccc3cc(-c4cccc(-c5cccc6ccccc56)c4)ccc3c2)OC1(C)C. The van der Waals surface area contributed by atoms with E-state index >= 15 is 0 Å². The number of benzene rings is 6. The third-order valence-electron chi connectivity index (χ3n) is 8.92. The van der Waals surface area contributed by atoms with Crippen LogP contribution >= 0.6 is 0 Å². The second-order valence-corrected chi connectivity index (χ2v) is 12.1. The second kappa shape index (κ2) is 9.73. The summed E-state index contributed by atoms with van der Waals surface area (Å²) in [5.74, 6) is 0. The van der Waals surface area contributed by atoms with E-state index in [4.69, 9.17) is 9.31 Å². The van der Waals surface area contributed by atoms with Gasteiger partial charge in [-0.05, 0) is 106 Å². The lowest BCUT2D eigenvalue weighted by Crippen LogP contribution is -2.41. The molecule has 0 unspecified atom stereocenters. The lowest BCUT2D eigenvalue weighted by atomic mass is 9.74. The number of fused-ring (bicyclic) bond motifs is 2. The molecule has 200 valence electrons. The molecule has 1 heterocycles. The van der Waals surface area contributed by atoms with Crippen molar-refractivity contribution in [3.8, 4) is 33.4 Å². The standard InChI is InChI=1S/C38H33BO2/c1-37(2)38(3,4)41-39(40-37)36-18-8-7-16-35(36)32-22-21-29-23-28(19-20-30(29)25-32)27-13-9-14-31(24-27)34-17-10-12-26-11-5-6-15-33(26)34/h5-25H,1-4H3. The van der Waals surface area contributed by atoms with E-state index in [9.17, 15) is 0 Å². The minimum atomic E-state index is -0.400. The van der Waals surface area contributed by atoms with E-state index in [-0.39, 0.29) is 11.2 Å². The molecule has 1 aliphatic rings. The van der Waals surface area contributed by atoms with Crippen LogP contribution in [0.1, 0.15) is 27.7 Å². The highest BCUT2D eigenvalue weighted by Gasteiger charge is 2.52. The van der Waals surface area contributed by atoms with Gasteiger partial charge in [-0.25, -0.2) is 0 Å². The predicted octanol–water partition coefficient (Wildman–Crippen LogP) is 9.29. The zero-order chi connectivity index (χ0) is 28.2. The molecule has 1 aliphatic heterocycles. The van der Waals surface area contributed by atoms with Gasteiger partial charge in [-0.3, -0.25) is 0 Å². The van der Waals surface area contributed by atoms with Crippen molar-refractivity contribution in [1.82, 2.24) is 0 Å². The molecule has 0 aromatic heterocycles. The second-order valence-electron chi connectivity index (χ2n) is 12.1. The van der Waals surface area contributed by atoms with Crippen LogP contribution in [0.4, 0.5) is 0 Å². The molecule has 0 amide bonds. The van der Waals surface area contributed by atoms with E-state index in [1.165, 1.54) is 43.8 Å². The summed E-state index contributed by atoms with van der Waals surface area (Å²) >= 11 is 0. The highest BCUT2D eigenvalue weighted by Crippen LogP contribution is 2.38. The van der Waals surface area contributed by atoms with Gasteiger partial charge in [0, 0.05) is 0 Å². The van der Waals surface area contributed by atoms with Crippen molar-refractivity contribution in [3.63, 3.8) is 0 Å². The Bertz CT molecular complexity index is 1900. The van der Waals surface area contributed by atoms with Crippen molar-refractivity contribution in [2.75, 3.05) is 0 Å². The lowest BCUT2D eigenvalue weighted by molar-refractivity contribution is 0.00578. The molecular formula is C38H33BO2. The van der Waals surface area contributed by atoms with Crippen molar-refractivity contribution in [2.24, 2.45) is 0 Å². The van der Waals surface area contributed by atoms with Crippen LogP contribution in [0.2, 0.25) is 0 Å². The average molecular weight is 532 g/mol. The maximum Gasteiger partial charge on any atom is 0.495 e. The first-order valence-electron chi connectivity index (χ1n) is 14.4. The first kappa shape index (κ1) is 25.8. The number of rotatable bonds is 4. The van der Waals surface area contributed by atoms with Crippen molar-refractivity contribution in [2.45, 2.75) is 38.9 Å². The summed E-state index contributed by atoms with van der Waals surface area (Å²) < 4.78 is 12.8. The fourth-order valence-corrected chi connectivity index (χ4v) is 5.87. The van der Waals surface area contributed by atoms with Crippen molar-refractivity contribution in [1.29, 1.82) is 0 Å². The first-order valence-corrected chi connectivity index (χ1v) is 14.4. The largest absolute Gasteiger partial charge is 0.495 e. The van der Waals surface area contributed by atoms with Gasteiger partial charge in [0.2, 0.25) is 0 Å². The zero-order valence-corrected chi connectivity index (χ0v) is 24.0. The van der Waals surface area contributed by atoms with E-state index in [1.54, 1.807) is 0 Å². The molecule has 0 saturated carbocycles. The maximum atomic E-state index is 6.41. The van der Waals surface area contributed by atoms with Gasteiger partial charge < -0.3 is 9.31 Å². The Hall–Kier alpha value is -4.18. The number of hydrogen-bond donors (Lipinski definition) is 0. The molecule has 0 N–H and O–H groups in total. The van der Waals surface area contributed by atoms with Gasteiger partial charge in [0.15, 0.2) is 0 Å². The van der Waals surface area contributed by atoms with Crippen LogP contribution in [0, 0.1) is 0 Å². The molecule has 6 aromatic rings.